The Hall–Kier alpha value is -2.44. The predicted molar refractivity (Wildman–Crippen MR) is 120 cm³/mol. The molecule has 0 aromatic heterocycles. The molecule has 2 aromatic rings. The molecule has 0 amide bonds. The number of carbonyl (C=O) groups excluding carboxylic acids is 2. The van der Waals surface area contributed by atoms with Crippen molar-refractivity contribution in [1.29, 1.82) is 0 Å². The Labute approximate surface area is 183 Å². The molecule has 30 heavy (non-hydrogen) atoms. The van der Waals surface area contributed by atoms with Crippen LogP contribution in [0, 0.1) is 11.8 Å². The van der Waals surface area contributed by atoms with Crippen molar-refractivity contribution in [2.75, 3.05) is 14.2 Å². The van der Waals surface area contributed by atoms with Crippen molar-refractivity contribution in [3.8, 4) is 11.5 Å². The van der Waals surface area contributed by atoms with E-state index in [0.717, 1.165) is 26.9 Å². The van der Waals surface area contributed by atoms with E-state index in [1.54, 1.807) is 14.2 Å². The molecule has 0 spiro atoms. The van der Waals surface area contributed by atoms with Crippen LogP contribution in [-0.4, -0.2) is 25.8 Å². The van der Waals surface area contributed by atoms with E-state index < -0.39 is 0 Å². The summed E-state index contributed by atoms with van der Waals surface area (Å²) in [6.45, 7) is 0. The first-order valence-electron chi connectivity index (χ1n) is 9.73. The number of rotatable bonds is 4. The van der Waals surface area contributed by atoms with E-state index >= 15 is 0 Å². The molecule has 2 fully saturated rings. The summed E-state index contributed by atoms with van der Waals surface area (Å²) in [7, 11) is 3.27. The summed E-state index contributed by atoms with van der Waals surface area (Å²) in [4.78, 5) is 26.8. The molecule has 0 saturated heterocycles. The summed E-state index contributed by atoms with van der Waals surface area (Å²) in [6.07, 6.45) is 0. The van der Waals surface area contributed by atoms with Gasteiger partial charge in [0.25, 0.3) is 0 Å². The molecule has 2 saturated carbocycles. The lowest BCUT2D eigenvalue weighted by atomic mass is 9.53. The first-order valence-corrected chi connectivity index (χ1v) is 11.5. The number of benzene rings is 2. The van der Waals surface area contributed by atoms with Crippen LogP contribution in [0.2, 0.25) is 0 Å². The van der Waals surface area contributed by atoms with Gasteiger partial charge in [-0.15, -0.1) is 0 Å². The van der Waals surface area contributed by atoms with Crippen molar-refractivity contribution in [2.45, 2.75) is 11.8 Å². The van der Waals surface area contributed by atoms with Crippen LogP contribution >= 0.6 is 23.5 Å². The minimum Gasteiger partial charge on any atom is -0.497 e. The van der Waals surface area contributed by atoms with Gasteiger partial charge in [-0.25, -0.2) is 0 Å². The van der Waals surface area contributed by atoms with E-state index in [0.29, 0.717) is 5.57 Å². The molecule has 0 bridgehead atoms. The van der Waals surface area contributed by atoms with Gasteiger partial charge in [-0.3, -0.25) is 9.59 Å². The van der Waals surface area contributed by atoms with Crippen molar-refractivity contribution < 1.29 is 19.1 Å². The number of Topliss-reactive ketones (excluding diaryl/α,β-unsaturated/α-hetero) is 2. The number of thioether (sulfide) groups is 2. The van der Waals surface area contributed by atoms with Crippen molar-refractivity contribution in [3.63, 3.8) is 0 Å². The quantitative estimate of drug-likeness (QED) is 0.489. The zero-order valence-corrected chi connectivity index (χ0v) is 18.2. The molecule has 2 aromatic carbocycles. The molecule has 4 nitrogen and oxygen atoms in total. The van der Waals surface area contributed by atoms with Gasteiger partial charge in [0.15, 0.2) is 11.6 Å². The maximum absolute atomic E-state index is 13.4. The van der Waals surface area contributed by atoms with Gasteiger partial charge in [-0.2, -0.15) is 0 Å². The molecule has 3 aliphatic rings. The lowest BCUT2D eigenvalue weighted by Crippen LogP contribution is -2.45. The highest BCUT2D eigenvalue weighted by molar-refractivity contribution is 8.27. The van der Waals surface area contributed by atoms with Crippen LogP contribution < -0.4 is 9.47 Å². The second-order valence-electron chi connectivity index (χ2n) is 7.56. The second kappa shape index (κ2) is 7.67. The Morgan fingerprint density at radius 1 is 0.700 bits per heavy atom. The average Bonchev–Trinajstić information content (AvgIpc) is 3.33. The summed E-state index contributed by atoms with van der Waals surface area (Å²) in [5, 5.41) is 3.85. The highest BCUT2D eigenvalue weighted by Gasteiger charge is 2.64. The summed E-state index contributed by atoms with van der Waals surface area (Å²) < 4.78 is 11.6. The van der Waals surface area contributed by atoms with Crippen molar-refractivity contribution in [2.24, 2.45) is 11.8 Å². The molecule has 5 rings (SSSR count). The van der Waals surface area contributed by atoms with Crippen molar-refractivity contribution >= 4 is 35.1 Å². The zero-order valence-electron chi connectivity index (χ0n) is 16.5. The van der Waals surface area contributed by atoms with E-state index in [2.05, 4.69) is 0 Å². The van der Waals surface area contributed by atoms with Gasteiger partial charge in [-0.05, 0) is 46.2 Å². The maximum Gasteiger partial charge on any atom is 0.172 e. The number of methoxy groups -OCH3 is 2. The van der Waals surface area contributed by atoms with Gasteiger partial charge in [0.2, 0.25) is 0 Å². The molecule has 152 valence electrons. The average molecular weight is 437 g/mol. The Morgan fingerprint density at radius 3 is 1.60 bits per heavy atom. The fourth-order valence-corrected chi connectivity index (χ4v) is 6.79. The molecule has 0 N–H and O–H groups in total. The van der Waals surface area contributed by atoms with Crippen LogP contribution in [0.4, 0.5) is 0 Å². The molecular weight excluding hydrogens is 416 g/mol. The van der Waals surface area contributed by atoms with E-state index in [4.69, 9.17) is 9.47 Å². The Morgan fingerprint density at radius 2 is 1.17 bits per heavy atom. The lowest BCUT2D eigenvalue weighted by molar-refractivity contribution is -0.127. The van der Waals surface area contributed by atoms with Crippen LogP contribution in [0.5, 0.6) is 11.5 Å². The Kier molecular flexibility index (Phi) is 4.99. The molecular formula is C24H20O4S2. The van der Waals surface area contributed by atoms with E-state index in [1.165, 1.54) is 23.5 Å². The SMILES string of the molecule is COc1cccc([C@@H]2[C@H]3C(=O)C(=C4SC=CS4)C(=O)[C@H]3[C@@H]2c2cccc(OC)c2)c1. The first-order chi connectivity index (χ1) is 14.6. The van der Waals surface area contributed by atoms with Gasteiger partial charge in [0, 0.05) is 23.7 Å². The number of carbonyl (C=O) groups is 2. The number of hydrogen-bond acceptors (Lipinski definition) is 6. The topological polar surface area (TPSA) is 52.6 Å². The van der Waals surface area contributed by atoms with Crippen LogP contribution in [0.25, 0.3) is 0 Å². The normalized spacial score (nSPS) is 27.3. The molecule has 0 radical (unpaired) electrons. The van der Waals surface area contributed by atoms with E-state index in [1.807, 2.05) is 59.3 Å². The fourth-order valence-electron chi connectivity index (χ4n) is 4.91. The molecule has 1 heterocycles. The van der Waals surface area contributed by atoms with Gasteiger partial charge in [0.05, 0.1) is 24.0 Å². The van der Waals surface area contributed by atoms with Gasteiger partial charge < -0.3 is 9.47 Å². The number of ketones is 2. The largest absolute Gasteiger partial charge is 0.497 e. The summed E-state index contributed by atoms with van der Waals surface area (Å²) in [6, 6.07) is 15.7. The smallest absolute Gasteiger partial charge is 0.172 e. The molecule has 6 heteroatoms. The predicted octanol–water partition coefficient (Wildman–Crippen LogP) is 5.13. The van der Waals surface area contributed by atoms with Crippen molar-refractivity contribution in [1.82, 2.24) is 0 Å². The molecule has 0 unspecified atom stereocenters. The lowest BCUT2D eigenvalue weighted by Gasteiger charge is -2.47. The molecule has 4 atom stereocenters. The standard InChI is InChI=1S/C24H20O4S2/c1-27-15-7-3-5-13(11-15)17-18(14-6-4-8-16(12-14)28-2)20-19(17)22(25)21(23(20)26)24-29-9-10-30-24/h3-12,17-20H,1-2H3/t17-,18+,19+,20-. The van der Waals surface area contributed by atoms with Crippen LogP contribution in [0.3, 0.4) is 0 Å². The fraction of sp³-hybridized carbons (Fsp3) is 0.250. The zero-order chi connectivity index (χ0) is 20.8. The number of hydrogen-bond donors (Lipinski definition) is 0. The Balaban J connectivity index is 1.62. The number of ether oxygens (including phenoxy) is 2. The van der Waals surface area contributed by atoms with Crippen LogP contribution in [-0.2, 0) is 9.59 Å². The van der Waals surface area contributed by atoms with Crippen LogP contribution in [0.15, 0.2) is 69.2 Å². The summed E-state index contributed by atoms with van der Waals surface area (Å²) >= 11 is 2.93. The van der Waals surface area contributed by atoms with Gasteiger partial charge in [0.1, 0.15) is 11.5 Å². The van der Waals surface area contributed by atoms with E-state index in [9.17, 15) is 9.59 Å². The third kappa shape index (κ3) is 2.93. The minimum atomic E-state index is -0.329. The summed E-state index contributed by atoms with van der Waals surface area (Å²) in [5.74, 6) is 0.664. The van der Waals surface area contributed by atoms with Crippen molar-refractivity contribution in [3.05, 3.63) is 80.3 Å². The number of allylic oxidation sites excluding steroid dienone is 1. The monoisotopic (exact) mass is 436 g/mol. The first kappa shape index (κ1) is 19.5. The molecule has 1 aliphatic heterocycles. The van der Waals surface area contributed by atoms with Gasteiger partial charge in [-0.1, -0.05) is 47.8 Å². The highest BCUT2D eigenvalue weighted by Crippen LogP contribution is 2.64. The van der Waals surface area contributed by atoms with Gasteiger partial charge >= 0.3 is 0 Å². The third-order valence-electron chi connectivity index (χ3n) is 6.21. The highest BCUT2D eigenvalue weighted by atomic mass is 32.2. The molecule has 2 aliphatic carbocycles. The van der Waals surface area contributed by atoms with Crippen LogP contribution in [0.1, 0.15) is 23.0 Å². The second-order valence-corrected chi connectivity index (χ2v) is 9.65. The Bertz CT molecular complexity index is 1020. The minimum absolute atomic E-state index is 0.0179. The third-order valence-corrected chi connectivity index (χ3v) is 8.34. The van der Waals surface area contributed by atoms with E-state index in [-0.39, 0.29) is 35.2 Å². The summed E-state index contributed by atoms with van der Waals surface area (Å²) in [5.41, 5.74) is 2.45. The number of fused-ring (bicyclic) bond motifs is 1. The maximum atomic E-state index is 13.4.